The minimum Gasteiger partial charge on any atom is -0.339 e. The van der Waals surface area contributed by atoms with Crippen LogP contribution in [0.25, 0.3) is 0 Å². The number of amides is 2. The van der Waals surface area contributed by atoms with Gasteiger partial charge >= 0.3 is 6.03 Å². The monoisotopic (exact) mass is 333 g/mol. The molecule has 126 valence electrons. The number of nitrogens with one attached hydrogen (secondary N) is 3. The Morgan fingerprint density at radius 3 is 2.24 bits per heavy atom. The van der Waals surface area contributed by atoms with Crippen molar-refractivity contribution in [1.29, 1.82) is 0 Å². The lowest BCUT2D eigenvalue weighted by molar-refractivity contribution is 0.262. The zero-order valence-corrected chi connectivity index (χ0v) is 13.9. The van der Waals surface area contributed by atoms with Crippen molar-refractivity contribution in [3.05, 3.63) is 72.3 Å². The molecule has 6 nitrogen and oxygen atoms in total. The Hall–Kier alpha value is -3.41. The Kier molecular flexibility index (Phi) is 5.21. The topological polar surface area (TPSA) is 78.9 Å². The maximum atomic E-state index is 11.9. The summed E-state index contributed by atoms with van der Waals surface area (Å²) in [6.45, 7) is 2.10. The lowest BCUT2D eigenvalue weighted by Gasteiger charge is -2.10. The highest BCUT2D eigenvalue weighted by Crippen LogP contribution is 2.20. The number of aromatic nitrogens is 2. The molecule has 3 aromatic rings. The molecule has 2 amide bonds. The molecule has 0 bridgehead atoms. The van der Waals surface area contributed by atoms with E-state index >= 15 is 0 Å². The van der Waals surface area contributed by atoms with Crippen molar-refractivity contribution >= 4 is 29.0 Å². The van der Waals surface area contributed by atoms with Gasteiger partial charge in [-0.05, 0) is 42.3 Å². The zero-order chi connectivity index (χ0) is 17.5. The average Bonchev–Trinajstić information content (AvgIpc) is 2.64. The molecule has 25 heavy (non-hydrogen) atoms. The summed E-state index contributed by atoms with van der Waals surface area (Å²) in [4.78, 5) is 11.9. The second kappa shape index (κ2) is 7.92. The third-order valence-electron chi connectivity index (χ3n) is 3.60. The third kappa shape index (κ3) is 4.54. The SMILES string of the molecule is CCc1ccccc1Nc1ccc(NC(=O)Nc2ccccc2)nn1. The van der Waals surface area contributed by atoms with Crippen LogP contribution in [0.1, 0.15) is 12.5 Å². The van der Waals surface area contributed by atoms with E-state index in [2.05, 4.69) is 39.1 Å². The number of urea groups is 1. The maximum absolute atomic E-state index is 11.9. The molecule has 2 aromatic carbocycles. The Bertz CT molecular complexity index is 834. The van der Waals surface area contributed by atoms with E-state index in [1.165, 1.54) is 5.56 Å². The van der Waals surface area contributed by atoms with Crippen LogP contribution in [0.5, 0.6) is 0 Å². The first-order valence-electron chi connectivity index (χ1n) is 8.06. The minimum atomic E-state index is -0.363. The number of rotatable bonds is 5. The van der Waals surface area contributed by atoms with Gasteiger partial charge in [-0.25, -0.2) is 4.79 Å². The van der Waals surface area contributed by atoms with E-state index in [4.69, 9.17) is 0 Å². The fourth-order valence-corrected chi connectivity index (χ4v) is 2.35. The predicted molar refractivity (Wildman–Crippen MR) is 100 cm³/mol. The van der Waals surface area contributed by atoms with Gasteiger partial charge < -0.3 is 10.6 Å². The van der Waals surface area contributed by atoms with Crippen molar-refractivity contribution in [2.24, 2.45) is 0 Å². The molecule has 0 atom stereocenters. The molecule has 6 heteroatoms. The first-order valence-corrected chi connectivity index (χ1v) is 8.06. The van der Waals surface area contributed by atoms with Crippen molar-refractivity contribution in [2.75, 3.05) is 16.0 Å². The van der Waals surface area contributed by atoms with Crippen molar-refractivity contribution < 1.29 is 4.79 Å². The molecule has 0 radical (unpaired) electrons. The molecule has 0 aliphatic carbocycles. The van der Waals surface area contributed by atoms with Crippen LogP contribution in [0.3, 0.4) is 0 Å². The summed E-state index contributed by atoms with van der Waals surface area (Å²) in [5.41, 5.74) is 2.91. The lowest BCUT2D eigenvalue weighted by atomic mass is 10.1. The van der Waals surface area contributed by atoms with Crippen LogP contribution in [-0.2, 0) is 6.42 Å². The molecule has 0 spiro atoms. The molecule has 1 aromatic heterocycles. The summed E-state index contributed by atoms with van der Waals surface area (Å²) in [7, 11) is 0. The van der Waals surface area contributed by atoms with Gasteiger partial charge in [0.2, 0.25) is 0 Å². The third-order valence-corrected chi connectivity index (χ3v) is 3.60. The van der Waals surface area contributed by atoms with Crippen LogP contribution >= 0.6 is 0 Å². The average molecular weight is 333 g/mol. The zero-order valence-electron chi connectivity index (χ0n) is 13.9. The van der Waals surface area contributed by atoms with Gasteiger partial charge in [-0.3, -0.25) is 5.32 Å². The van der Waals surface area contributed by atoms with Crippen molar-refractivity contribution in [1.82, 2.24) is 10.2 Å². The summed E-state index contributed by atoms with van der Waals surface area (Å²) in [6.07, 6.45) is 0.926. The van der Waals surface area contributed by atoms with Gasteiger partial charge in [0, 0.05) is 11.4 Å². The van der Waals surface area contributed by atoms with E-state index in [0.29, 0.717) is 17.3 Å². The number of carbonyl (C=O) groups excluding carboxylic acids is 1. The fraction of sp³-hybridized carbons (Fsp3) is 0.105. The maximum Gasteiger partial charge on any atom is 0.324 e. The van der Waals surface area contributed by atoms with Gasteiger partial charge in [-0.2, -0.15) is 0 Å². The van der Waals surface area contributed by atoms with E-state index in [0.717, 1.165) is 12.1 Å². The molecular formula is C19H19N5O. The van der Waals surface area contributed by atoms with E-state index in [1.54, 1.807) is 12.1 Å². The second-order valence-electron chi connectivity index (χ2n) is 5.38. The quantitative estimate of drug-likeness (QED) is 0.645. The molecule has 0 unspecified atom stereocenters. The van der Waals surface area contributed by atoms with Gasteiger partial charge in [0.25, 0.3) is 0 Å². The summed E-state index contributed by atoms with van der Waals surface area (Å²) >= 11 is 0. The highest BCUT2D eigenvalue weighted by Gasteiger charge is 2.05. The van der Waals surface area contributed by atoms with Gasteiger partial charge in [-0.1, -0.05) is 43.3 Å². The smallest absolute Gasteiger partial charge is 0.324 e. The van der Waals surface area contributed by atoms with Crippen LogP contribution in [0, 0.1) is 0 Å². The summed E-state index contributed by atoms with van der Waals surface area (Å²) < 4.78 is 0. The number of carbonyl (C=O) groups is 1. The van der Waals surface area contributed by atoms with Crippen LogP contribution in [0.4, 0.5) is 27.8 Å². The number of benzene rings is 2. The molecular weight excluding hydrogens is 314 g/mol. The van der Waals surface area contributed by atoms with Crippen molar-refractivity contribution in [3.8, 4) is 0 Å². The number of para-hydroxylation sites is 2. The van der Waals surface area contributed by atoms with E-state index < -0.39 is 0 Å². The fourth-order valence-electron chi connectivity index (χ4n) is 2.35. The van der Waals surface area contributed by atoms with Gasteiger partial charge in [0.1, 0.15) is 0 Å². The van der Waals surface area contributed by atoms with Gasteiger partial charge in [-0.15, -0.1) is 10.2 Å². The number of anilines is 4. The molecule has 3 rings (SSSR count). The highest BCUT2D eigenvalue weighted by atomic mass is 16.2. The second-order valence-corrected chi connectivity index (χ2v) is 5.38. The number of hydrogen-bond donors (Lipinski definition) is 3. The standard InChI is InChI=1S/C19H19N5O/c1-2-14-8-6-7-11-16(14)21-17-12-13-18(24-23-17)22-19(25)20-15-9-4-3-5-10-15/h3-13H,2H2,1H3,(H,21,23)(H2,20,22,24,25). The molecule has 1 heterocycles. The summed E-state index contributed by atoms with van der Waals surface area (Å²) in [5, 5.41) is 16.8. The van der Waals surface area contributed by atoms with Gasteiger partial charge in [0.15, 0.2) is 11.6 Å². The van der Waals surface area contributed by atoms with Crippen molar-refractivity contribution in [2.45, 2.75) is 13.3 Å². The minimum absolute atomic E-state index is 0.363. The number of aryl methyl sites for hydroxylation is 1. The molecule has 3 N–H and O–H groups in total. The lowest BCUT2D eigenvalue weighted by Crippen LogP contribution is -2.20. The van der Waals surface area contributed by atoms with E-state index in [1.807, 2.05) is 48.5 Å². The summed E-state index contributed by atoms with van der Waals surface area (Å²) in [5.74, 6) is 0.998. The molecule has 0 aliphatic heterocycles. The molecule has 0 saturated carbocycles. The Balaban J connectivity index is 1.61. The normalized spacial score (nSPS) is 10.1. The molecule has 0 saturated heterocycles. The molecule has 0 aliphatic rings. The van der Waals surface area contributed by atoms with E-state index in [9.17, 15) is 4.79 Å². The van der Waals surface area contributed by atoms with Crippen molar-refractivity contribution in [3.63, 3.8) is 0 Å². The Labute approximate surface area is 146 Å². The first-order chi connectivity index (χ1) is 12.2. The van der Waals surface area contributed by atoms with Crippen LogP contribution in [0.15, 0.2) is 66.7 Å². The van der Waals surface area contributed by atoms with Crippen LogP contribution in [-0.4, -0.2) is 16.2 Å². The summed E-state index contributed by atoms with van der Waals surface area (Å²) in [6, 6.07) is 20.4. The first kappa shape index (κ1) is 16.4. The van der Waals surface area contributed by atoms with Crippen LogP contribution in [0.2, 0.25) is 0 Å². The Morgan fingerprint density at radius 1 is 0.840 bits per heavy atom. The largest absolute Gasteiger partial charge is 0.339 e. The Morgan fingerprint density at radius 2 is 1.52 bits per heavy atom. The predicted octanol–water partition coefficient (Wildman–Crippen LogP) is 4.43. The van der Waals surface area contributed by atoms with Gasteiger partial charge in [0.05, 0.1) is 0 Å². The molecule has 0 fully saturated rings. The van der Waals surface area contributed by atoms with E-state index in [-0.39, 0.29) is 6.03 Å². The van der Waals surface area contributed by atoms with Crippen LogP contribution < -0.4 is 16.0 Å². The number of nitrogens with zero attached hydrogens (tertiary/aromatic N) is 2. The highest BCUT2D eigenvalue weighted by molar-refractivity contribution is 5.99. The number of hydrogen-bond acceptors (Lipinski definition) is 4.